The van der Waals surface area contributed by atoms with E-state index in [4.69, 9.17) is 0 Å². The molecule has 4 nitrogen and oxygen atoms in total. The monoisotopic (exact) mass is 415 g/mol. The number of hydrogen-bond acceptors (Lipinski definition) is 4. The zero-order valence-electron chi connectivity index (χ0n) is 14.0. The number of fused-ring (bicyclic) bond motifs is 1. The van der Waals surface area contributed by atoms with E-state index >= 15 is 0 Å². The third-order valence-electron chi connectivity index (χ3n) is 4.50. The lowest BCUT2D eigenvalue weighted by Crippen LogP contribution is -2.22. The summed E-state index contributed by atoms with van der Waals surface area (Å²) in [5, 5.41) is 20.5. The van der Waals surface area contributed by atoms with Crippen LogP contribution in [0.25, 0.3) is 10.9 Å². The van der Waals surface area contributed by atoms with Crippen LogP contribution in [0.1, 0.15) is 17.2 Å². The molecule has 0 amide bonds. The molecule has 2 heterocycles. The van der Waals surface area contributed by atoms with E-state index < -0.39 is 0 Å². The number of benzene rings is 2. The standard InChI is InChI=1S/C19H18BrN3OS/c1-11-3-6-17-15(7-11)18(19(24)23(17)14-9-25-10-14)22-21-13-4-5-16(20)12(2)8-13/h3-8,14,24H,9-10H2,1-2H3. The van der Waals surface area contributed by atoms with Crippen molar-refractivity contribution in [2.75, 3.05) is 11.5 Å². The van der Waals surface area contributed by atoms with Crippen LogP contribution in [0, 0.1) is 13.8 Å². The van der Waals surface area contributed by atoms with Gasteiger partial charge in [0.15, 0.2) is 5.69 Å². The van der Waals surface area contributed by atoms with Gasteiger partial charge in [0.05, 0.1) is 17.2 Å². The number of aromatic hydroxyl groups is 1. The van der Waals surface area contributed by atoms with Gasteiger partial charge >= 0.3 is 0 Å². The molecule has 128 valence electrons. The number of rotatable bonds is 3. The normalized spacial score (nSPS) is 15.2. The molecule has 0 spiro atoms. The van der Waals surface area contributed by atoms with Crippen molar-refractivity contribution in [3.8, 4) is 5.88 Å². The second-order valence-corrected chi connectivity index (χ2v) is 8.32. The molecule has 6 heteroatoms. The van der Waals surface area contributed by atoms with E-state index in [0.29, 0.717) is 11.7 Å². The minimum absolute atomic E-state index is 0.212. The van der Waals surface area contributed by atoms with E-state index in [1.807, 2.05) is 48.4 Å². The van der Waals surface area contributed by atoms with Crippen molar-refractivity contribution in [1.82, 2.24) is 4.57 Å². The molecule has 25 heavy (non-hydrogen) atoms. The van der Waals surface area contributed by atoms with Gasteiger partial charge in [0.2, 0.25) is 5.88 Å². The van der Waals surface area contributed by atoms with Crippen molar-refractivity contribution in [3.63, 3.8) is 0 Å². The van der Waals surface area contributed by atoms with Gasteiger partial charge in [0.25, 0.3) is 0 Å². The molecule has 1 aliphatic rings. The van der Waals surface area contributed by atoms with E-state index in [1.54, 1.807) is 0 Å². The predicted molar refractivity (Wildman–Crippen MR) is 108 cm³/mol. The maximum absolute atomic E-state index is 10.8. The summed E-state index contributed by atoms with van der Waals surface area (Å²) in [4.78, 5) is 0. The summed E-state index contributed by atoms with van der Waals surface area (Å²) in [5.74, 6) is 2.25. The first kappa shape index (κ1) is 16.7. The highest BCUT2D eigenvalue weighted by Crippen LogP contribution is 2.45. The Balaban J connectivity index is 1.83. The lowest BCUT2D eigenvalue weighted by atomic mass is 10.1. The summed E-state index contributed by atoms with van der Waals surface area (Å²) in [6, 6.07) is 12.4. The van der Waals surface area contributed by atoms with Crippen molar-refractivity contribution in [3.05, 3.63) is 52.0 Å². The van der Waals surface area contributed by atoms with Crippen LogP contribution in [0.4, 0.5) is 11.4 Å². The average Bonchev–Trinajstić information content (AvgIpc) is 2.79. The molecular weight excluding hydrogens is 398 g/mol. The van der Waals surface area contributed by atoms with Gasteiger partial charge in [0, 0.05) is 21.4 Å². The van der Waals surface area contributed by atoms with E-state index in [9.17, 15) is 5.11 Å². The van der Waals surface area contributed by atoms with Crippen molar-refractivity contribution < 1.29 is 5.11 Å². The number of azo groups is 1. The SMILES string of the molecule is Cc1ccc2c(c1)c(N=Nc1ccc(Br)c(C)c1)c(O)n2C1CSC1. The van der Waals surface area contributed by atoms with E-state index in [2.05, 4.69) is 44.4 Å². The minimum atomic E-state index is 0.212. The minimum Gasteiger partial charge on any atom is -0.493 e. The quantitative estimate of drug-likeness (QED) is 0.500. The van der Waals surface area contributed by atoms with Gasteiger partial charge in [-0.05, 0) is 49.7 Å². The smallest absolute Gasteiger partial charge is 0.221 e. The molecule has 0 unspecified atom stereocenters. The number of nitrogens with zero attached hydrogens (tertiary/aromatic N) is 3. The van der Waals surface area contributed by atoms with Crippen LogP contribution >= 0.6 is 27.7 Å². The first-order chi connectivity index (χ1) is 12.0. The van der Waals surface area contributed by atoms with Crippen LogP contribution in [0.3, 0.4) is 0 Å². The van der Waals surface area contributed by atoms with Crippen LogP contribution in [-0.2, 0) is 0 Å². The van der Waals surface area contributed by atoms with Crippen molar-refractivity contribution >= 4 is 50.0 Å². The molecule has 1 N–H and O–H groups in total. The average molecular weight is 416 g/mol. The Labute approximate surface area is 159 Å². The highest BCUT2D eigenvalue weighted by atomic mass is 79.9. The molecule has 0 aliphatic carbocycles. The molecule has 4 rings (SSSR count). The molecule has 2 aromatic carbocycles. The third kappa shape index (κ3) is 2.98. The predicted octanol–water partition coefficient (Wildman–Crippen LogP) is 6.43. The van der Waals surface area contributed by atoms with Crippen molar-refractivity contribution in [2.24, 2.45) is 10.2 Å². The molecule has 0 bridgehead atoms. The van der Waals surface area contributed by atoms with Gasteiger partial charge in [-0.2, -0.15) is 16.9 Å². The zero-order valence-corrected chi connectivity index (χ0v) is 16.4. The Hall–Kier alpha value is -1.79. The second kappa shape index (κ2) is 6.50. The summed E-state index contributed by atoms with van der Waals surface area (Å²) < 4.78 is 3.05. The van der Waals surface area contributed by atoms with Crippen LogP contribution in [0.5, 0.6) is 5.88 Å². The highest BCUT2D eigenvalue weighted by molar-refractivity contribution is 9.10. The van der Waals surface area contributed by atoms with E-state index in [0.717, 1.165) is 43.7 Å². The van der Waals surface area contributed by atoms with Crippen LogP contribution in [-0.4, -0.2) is 21.2 Å². The molecule has 1 aliphatic heterocycles. The molecular formula is C19H18BrN3OS. The van der Waals surface area contributed by atoms with Crippen LogP contribution in [0.2, 0.25) is 0 Å². The fraction of sp³-hybridized carbons (Fsp3) is 0.263. The zero-order chi connectivity index (χ0) is 17.6. The summed E-state index contributed by atoms with van der Waals surface area (Å²) in [7, 11) is 0. The maximum Gasteiger partial charge on any atom is 0.221 e. The Kier molecular flexibility index (Phi) is 4.33. The van der Waals surface area contributed by atoms with E-state index in [1.165, 1.54) is 0 Å². The van der Waals surface area contributed by atoms with Gasteiger partial charge in [-0.1, -0.05) is 27.6 Å². The maximum atomic E-state index is 10.8. The number of thioether (sulfide) groups is 1. The number of aryl methyl sites for hydroxylation is 2. The highest BCUT2D eigenvalue weighted by Gasteiger charge is 2.27. The largest absolute Gasteiger partial charge is 0.493 e. The summed E-state index contributed by atoms with van der Waals surface area (Å²) in [6.07, 6.45) is 0. The third-order valence-corrected chi connectivity index (χ3v) is 6.63. The summed E-state index contributed by atoms with van der Waals surface area (Å²) >= 11 is 5.39. The second-order valence-electron chi connectivity index (χ2n) is 6.39. The Bertz CT molecular complexity index is 992. The fourth-order valence-electron chi connectivity index (χ4n) is 3.04. The Morgan fingerprint density at radius 1 is 1.12 bits per heavy atom. The molecule has 0 atom stereocenters. The lowest BCUT2D eigenvalue weighted by molar-refractivity contribution is 0.406. The van der Waals surface area contributed by atoms with Crippen LogP contribution < -0.4 is 0 Å². The Morgan fingerprint density at radius 2 is 1.92 bits per heavy atom. The van der Waals surface area contributed by atoms with Gasteiger partial charge in [-0.25, -0.2) is 0 Å². The van der Waals surface area contributed by atoms with Crippen molar-refractivity contribution in [2.45, 2.75) is 19.9 Å². The number of aromatic nitrogens is 1. The van der Waals surface area contributed by atoms with Gasteiger partial charge in [-0.3, -0.25) is 0 Å². The van der Waals surface area contributed by atoms with Crippen LogP contribution in [0.15, 0.2) is 51.1 Å². The van der Waals surface area contributed by atoms with Gasteiger partial charge in [-0.15, -0.1) is 5.11 Å². The molecule has 3 aromatic rings. The fourth-order valence-corrected chi connectivity index (χ4v) is 4.03. The number of hydrogen-bond donors (Lipinski definition) is 1. The van der Waals surface area contributed by atoms with Gasteiger partial charge in [0.1, 0.15) is 0 Å². The van der Waals surface area contributed by atoms with Crippen molar-refractivity contribution in [1.29, 1.82) is 0 Å². The first-order valence-electron chi connectivity index (χ1n) is 8.14. The molecule has 0 saturated carbocycles. The van der Waals surface area contributed by atoms with E-state index in [-0.39, 0.29) is 5.88 Å². The summed E-state index contributed by atoms with van der Waals surface area (Å²) in [5.41, 5.74) is 4.59. The first-order valence-corrected chi connectivity index (χ1v) is 10.1. The van der Waals surface area contributed by atoms with Gasteiger partial charge < -0.3 is 9.67 Å². The topological polar surface area (TPSA) is 49.9 Å². The molecule has 1 fully saturated rings. The number of halogens is 1. The summed E-state index contributed by atoms with van der Waals surface area (Å²) in [6.45, 7) is 4.07. The molecule has 1 saturated heterocycles. The molecule has 0 radical (unpaired) electrons. The molecule has 1 aromatic heterocycles. The Morgan fingerprint density at radius 3 is 2.60 bits per heavy atom. The lowest BCUT2D eigenvalue weighted by Gasteiger charge is -2.27.